The maximum absolute atomic E-state index is 13.0. The monoisotopic (exact) mass is 433 g/mol. The number of fused-ring (bicyclic) bond motifs is 1. The molecule has 0 fully saturated rings. The lowest BCUT2D eigenvalue weighted by atomic mass is 9.88. The van der Waals surface area contributed by atoms with E-state index in [-0.39, 0.29) is 18.5 Å². The van der Waals surface area contributed by atoms with Crippen molar-refractivity contribution in [2.45, 2.75) is 39.3 Å². The number of thiophene rings is 1. The minimum atomic E-state index is -0.389. The number of benzene rings is 2. The highest BCUT2D eigenvalue weighted by molar-refractivity contribution is 7.10. The van der Waals surface area contributed by atoms with Gasteiger partial charge in [-0.2, -0.15) is 0 Å². The van der Waals surface area contributed by atoms with E-state index in [1.165, 1.54) is 4.88 Å². The van der Waals surface area contributed by atoms with Gasteiger partial charge in [0.25, 0.3) is 5.91 Å². The SMILES string of the molecule is C[C@@H]1CCc2c(C(=O)OCC(=O)N(Cc3ccccc3)Cc3ccccc3)csc2C1. The van der Waals surface area contributed by atoms with Crippen LogP contribution in [0, 0.1) is 5.92 Å². The topological polar surface area (TPSA) is 46.6 Å². The molecule has 0 saturated heterocycles. The fourth-order valence-electron chi connectivity index (χ4n) is 3.98. The van der Waals surface area contributed by atoms with E-state index in [9.17, 15) is 9.59 Å². The van der Waals surface area contributed by atoms with Crippen LogP contribution in [0.2, 0.25) is 0 Å². The van der Waals surface area contributed by atoms with Crippen LogP contribution in [0.5, 0.6) is 0 Å². The van der Waals surface area contributed by atoms with Crippen LogP contribution in [-0.2, 0) is 35.5 Å². The molecule has 1 aliphatic rings. The Balaban J connectivity index is 1.42. The Morgan fingerprint density at radius 1 is 1.00 bits per heavy atom. The van der Waals surface area contributed by atoms with Crippen LogP contribution in [0.25, 0.3) is 0 Å². The average molecular weight is 434 g/mol. The zero-order chi connectivity index (χ0) is 21.6. The van der Waals surface area contributed by atoms with Gasteiger partial charge in [-0.1, -0.05) is 67.6 Å². The number of esters is 1. The molecule has 0 aliphatic heterocycles. The molecule has 5 heteroatoms. The molecule has 0 spiro atoms. The summed E-state index contributed by atoms with van der Waals surface area (Å²) >= 11 is 1.63. The van der Waals surface area contributed by atoms with Gasteiger partial charge in [0.1, 0.15) is 0 Å². The third-order valence-electron chi connectivity index (χ3n) is 5.73. The van der Waals surface area contributed by atoms with Crippen molar-refractivity contribution in [3.63, 3.8) is 0 Å². The molecular formula is C26H27NO3S. The molecule has 4 nitrogen and oxygen atoms in total. The molecule has 2 aromatic carbocycles. The van der Waals surface area contributed by atoms with E-state index in [0.717, 1.165) is 36.0 Å². The second-order valence-corrected chi connectivity index (χ2v) is 9.16. The first kappa shape index (κ1) is 21.3. The predicted octanol–water partition coefficient (Wildman–Crippen LogP) is 5.26. The molecule has 1 aromatic heterocycles. The van der Waals surface area contributed by atoms with E-state index in [4.69, 9.17) is 4.74 Å². The molecule has 1 heterocycles. The first-order valence-electron chi connectivity index (χ1n) is 10.7. The van der Waals surface area contributed by atoms with Gasteiger partial charge in [0, 0.05) is 23.3 Å². The Kier molecular flexibility index (Phi) is 6.82. The summed E-state index contributed by atoms with van der Waals surface area (Å²) in [7, 11) is 0. The van der Waals surface area contributed by atoms with E-state index in [1.54, 1.807) is 16.2 Å². The van der Waals surface area contributed by atoms with Crippen molar-refractivity contribution < 1.29 is 14.3 Å². The van der Waals surface area contributed by atoms with Gasteiger partial charge >= 0.3 is 5.97 Å². The molecule has 0 unspecified atom stereocenters. The normalized spacial score (nSPS) is 15.2. The van der Waals surface area contributed by atoms with Gasteiger partial charge in [-0.05, 0) is 41.9 Å². The van der Waals surface area contributed by atoms with Crippen molar-refractivity contribution in [2.75, 3.05) is 6.61 Å². The molecule has 0 N–H and O–H groups in total. The number of carbonyl (C=O) groups excluding carboxylic acids is 2. The quantitative estimate of drug-likeness (QED) is 0.478. The zero-order valence-electron chi connectivity index (χ0n) is 17.8. The second-order valence-electron chi connectivity index (χ2n) is 8.20. The number of hydrogen-bond donors (Lipinski definition) is 0. The van der Waals surface area contributed by atoms with Crippen LogP contribution in [0.4, 0.5) is 0 Å². The molecule has 31 heavy (non-hydrogen) atoms. The molecule has 160 valence electrons. The number of hydrogen-bond acceptors (Lipinski definition) is 4. The Bertz CT molecular complexity index is 988. The summed E-state index contributed by atoms with van der Waals surface area (Å²) in [5.41, 5.74) is 3.83. The van der Waals surface area contributed by atoms with Gasteiger partial charge in [0.15, 0.2) is 6.61 Å². The van der Waals surface area contributed by atoms with Crippen LogP contribution in [-0.4, -0.2) is 23.4 Å². The van der Waals surface area contributed by atoms with Crippen molar-refractivity contribution >= 4 is 23.2 Å². The van der Waals surface area contributed by atoms with E-state index in [1.807, 2.05) is 66.0 Å². The predicted molar refractivity (Wildman–Crippen MR) is 123 cm³/mol. The van der Waals surface area contributed by atoms with Gasteiger partial charge in [-0.15, -0.1) is 11.3 Å². The number of nitrogens with zero attached hydrogens (tertiary/aromatic N) is 1. The molecule has 1 amide bonds. The Morgan fingerprint density at radius 3 is 2.23 bits per heavy atom. The first-order chi connectivity index (χ1) is 15.1. The third-order valence-corrected chi connectivity index (χ3v) is 6.78. The Morgan fingerprint density at radius 2 is 1.61 bits per heavy atom. The summed E-state index contributed by atoms with van der Waals surface area (Å²) in [6.07, 6.45) is 3.02. The summed E-state index contributed by atoms with van der Waals surface area (Å²) in [6.45, 7) is 2.93. The smallest absolute Gasteiger partial charge is 0.339 e. The second kappa shape index (κ2) is 9.92. The highest BCUT2D eigenvalue weighted by atomic mass is 32.1. The van der Waals surface area contributed by atoms with Crippen LogP contribution in [0.1, 0.15) is 45.3 Å². The molecule has 3 aromatic rings. The van der Waals surface area contributed by atoms with Crippen LogP contribution >= 0.6 is 11.3 Å². The van der Waals surface area contributed by atoms with Crippen molar-refractivity contribution in [2.24, 2.45) is 5.92 Å². The lowest BCUT2D eigenvalue weighted by Gasteiger charge is -2.23. The lowest BCUT2D eigenvalue weighted by molar-refractivity contribution is -0.135. The first-order valence-corrected chi connectivity index (χ1v) is 11.6. The van der Waals surface area contributed by atoms with E-state index < -0.39 is 0 Å². The Hall–Kier alpha value is -2.92. The molecular weight excluding hydrogens is 406 g/mol. The van der Waals surface area contributed by atoms with Crippen molar-refractivity contribution in [1.29, 1.82) is 0 Å². The van der Waals surface area contributed by atoms with Gasteiger partial charge < -0.3 is 9.64 Å². The molecule has 4 rings (SSSR count). The Labute approximate surface area is 187 Å². The molecule has 0 saturated carbocycles. The molecule has 0 radical (unpaired) electrons. The summed E-state index contributed by atoms with van der Waals surface area (Å²) in [6, 6.07) is 19.7. The summed E-state index contributed by atoms with van der Waals surface area (Å²) in [4.78, 5) is 28.7. The maximum Gasteiger partial charge on any atom is 0.339 e. The van der Waals surface area contributed by atoms with E-state index in [2.05, 4.69) is 6.92 Å². The van der Waals surface area contributed by atoms with Crippen LogP contribution in [0.3, 0.4) is 0 Å². The largest absolute Gasteiger partial charge is 0.452 e. The number of ether oxygens (including phenoxy) is 1. The van der Waals surface area contributed by atoms with Gasteiger partial charge in [-0.25, -0.2) is 4.79 Å². The van der Waals surface area contributed by atoms with Gasteiger partial charge in [0.05, 0.1) is 5.56 Å². The van der Waals surface area contributed by atoms with Gasteiger partial charge in [-0.3, -0.25) is 4.79 Å². The number of carbonyl (C=O) groups is 2. The summed E-state index contributed by atoms with van der Waals surface area (Å²) < 4.78 is 5.47. The maximum atomic E-state index is 13.0. The van der Waals surface area contributed by atoms with Crippen LogP contribution < -0.4 is 0 Å². The standard InChI is InChI=1S/C26H27NO3S/c1-19-12-13-22-23(18-31-24(22)14-19)26(29)30-17-25(28)27(15-20-8-4-2-5-9-20)16-21-10-6-3-7-11-21/h2-11,18-19H,12-17H2,1H3/t19-/m1/s1. The average Bonchev–Trinajstić information content (AvgIpc) is 3.21. The molecule has 0 bridgehead atoms. The van der Waals surface area contributed by atoms with Crippen LogP contribution in [0.15, 0.2) is 66.0 Å². The minimum Gasteiger partial charge on any atom is -0.452 e. The van der Waals surface area contributed by atoms with Crippen molar-refractivity contribution in [3.05, 3.63) is 93.2 Å². The third kappa shape index (κ3) is 5.42. The molecule has 1 atom stereocenters. The summed E-state index contributed by atoms with van der Waals surface area (Å²) in [5.74, 6) is 0.0691. The van der Waals surface area contributed by atoms with E-state index in [0.29, 0.717) is 24.6 Å². The highest BCUT2D eigenvalue weighted by Crippen LogP contribution is 2.33. The minimum absolute atomic E-state index is 0.196. The van der Waals surface area contributed by atoms with Gasteiger partial charge in [0.2, 0.25) is 0 Å². The highest BCUT2D eigenvalue weighted by Gasteiger charge is 2.25. The lowest BCUT2D eigenvalue weighted by Crippen LogP contribution is -2.34. The van der Waals surface area contributed by atoms with Crippen molar-refractivity contribution in [1.82, 2.24) is 4.90 Å². The number of rotatable bonds is 7. The zero-order valence-corrected chi connectivity index (χ0v) is 18.6. The fourth-order valence-corrected chi connectivity index (χ4v) is 5.22. The number of amides is 1. The van der Waals surface area contributed by atoms with Crippen molar-refractivity contribution in [3.8, 4) is 0 Å². The fraction of sp³-hybridized carbons (Fsp3) is 0.308. The van der Waals surface area contributed by atoms with E-state index >= 15 is 0 Å². The molecule has 1 aliphatic carbocycles. The summed E-state index contributed by atoms with van der Waals surface area (Å²) in [5, 5.41) is 1.89.